The summed E-state index contributed by atoms with van der Waals surface area (Å²) < 4.78 is 1.65. The maximum atomic E-state index is 12.4. The zero-order valence-corrected chi connectivity index (χ0v) is 11.8. The molecule has 102 valence electrons. The van der Waals surface area contributed by atoms with Gasteiger partial charge in [-0.15, -0.1) is 11.3 Å². The third-order valence-electron chi connectivity index (χ3n) is 3.52. The summed E-state index contributed by atoms with van der Waals surface area (Å²) in [6.45, 7) is 1.74. The van der Waals surface area contributed by atoms with Gasteiger partial charge in [-0.3, -0.25) is 9.59 Å². The minimum absolute atomic E-state index is 0.383. The highest BCUT2D eigenvalue weighted by Crippen LogP contribution is 2.36. The van der Waals surface area contributed by atoms with E-state index >= 15 is 0 Å². The third-order valence-corrected chi connectivity index (χ3v) is 4.27. The summed E-state index contributed by atoms with van der Waals surface area (Å²) in [4.78, 5) is 28.8. The fourth-order valence-corrected chi connectivity index (χ4v) is 3.23. The Hall–Kier alpha value is -2.60. The van der Waals surface area contributed by atoms with Gasteiger partial charge in [0.15, 0.2) is 0 Å². The number of aromatic nitrogens is 3. The fraction of sp³-hybridized carbons (Fsp3) is 0.0667. The molecule has 0 amide bonds. The van der Waals surface area contributed by atoms with E-state index in [1.165, 1.54) is 11.3 Å². The van der Waals surface area contributed by atoms with E-state index in [4.69, 9.17) is 0 Å². The van der Waals surface area contributed by atoms with Crippen LogP contribution in [0, 0.1) is 6.92 Å². The van der Waals surface area contributed by atoms with E-state index in [2.05, 4.69) is 10.1 Å². The molecule has 2 aromatic heterocycles. The monoisotopic (exact) mass is 295 g/mol. The Morgan fingerprint density at radius 2 is 1.86 bits per heavy atom. The summed E-state index contributed by atoms with van der Waals surface area (Å²) in [6, 6.07) is 7.11. The van der Waals surface area contributed by atoms with Gasteiger partial charge in [0.1, 0.15) is 0 Å². The van der Waals surface area contributed by atoms with E-state index in [9.17, 15) is 9.59 Å². The topological polar surface area (TPSA) is 64.8 Å². The van der Waals surface area contributed by atoms with E-state index in [0.29, 0.717) is 27.6 Å². The molecule has 0 saturated carbocycles. The lowest BCUT2D eigenvalue weighted by atomic mass is 9.87. The van der Waals surface area contributed by atoms with Crippen molar-refractivity contribution < 1.29 is 9.59 Å². The minimum atomic E-state index is -0.496. The summed E-state index contributed by atoms with van der Waals surface area (Å²) in [5.41, 5.74) is 2.74. The van der Waals surface area contributed by atoms with E-state index in [0.717, 1.165) is 5.56 Å². The van der Waals surface area contributed by atoms with Gasteiger partial charge in [-0.25, -0.2) is 9.67 Å². The second kappa shape index (κ2) is 4.20. The molecule has 0 radical (unpaired) electrons. The molecule has 4 rings (SSSR count). The van der Waals surface area contributed by atoms with Gasteiger partial charge in [0, 0.05) is 22.7 Å². The zero-order valence-electron chi connectivity index (χ0n) is 11.0. The molecule has 0 atom stereocenters. The van der Waals surface area contributed by atoms with Gasteiger partial charge in [0.2, 0.25) is 16.7 Å². The molecular formula is C15H9N3O2S. The van der Waals surface area contributed by atoms with Crippen LogP contribution in [0.3, 0.4) is 0 Å². The number of carbonyl (C=O) groups excluding carboxylic acids is 2. The van der Waals surface area contributed by atoms with Gasteiger partial charge < -0.3 is 0 Å². The van der Waals surface area contributed by atoms with Crippen molar-refractivity contribution in [2.24, 2.45) is 0 Å². The van der Waals surface area contributed by atoms with Crippen molar-refractivity contribution in [1.29, 1.82) is 0 Å². The molecule has 1 aliphatic carbocycles. The second-order valence-electron chi connectivity index (χ2n) is 4.74. The molecule has 1 aliphatic rings. The average molecular weight is 295 g/mol. The van der Waals surface area contributed by atoms with Crippen molar-refractivity contribution in [1.82, 2.24) is 14.8 Å². The van der Waals surface area contributed by atoms with Crippen molar-refractivity contribution in [3.05, 3.63) is 52.7 Å². The molecular weight excluding hydrogens is 286 g/mol. The number of ketones is 2. The normalized spacial score (nSPS) is 13.2. The first-order chi connectivity index (χ1) is 10.2. The Labute approximate surface area is 123 Å². The second-order valence-corrected chi connectivity index (χ2v) is 5.61. The first-order valence-electron chi connectivity index (χ1n) is 6.36. The molecule has 5 nitrogen and oxygen atoms in total. The van der Waals surface area contributed by atoms with Gasteiger partial charge in [0.25, 0.3) is 0 Å². The predicted molar refractivity (Wildman–Crippen MR) is 78.1 cm³/mol. The summed E-state index contributed by atoms with van der Waals surface area (Å²) in [6.07, 6.45) is 1.69. The van der Waals surface area contributed by atoms with E-state index in [1.54, 1.807) is 29.9 Å². The quantitative estimate of drug-likeness (QED) is 0.647. The number of thiazole rings is 1. The van der Waals surface area contributed by atoms with Crippen molar-refractivity contribution in [3.63, 3.8) is 0 Å². The zero-order chi connectivity index (χ0) is 14.6. The molecule has 0 fully saturated rings. The Kier molecular flexibility index (Phi) is 2.43. The number of hydrogen-bond donors (Lipinski definition) is 0. The average Bonchev–Trinajstić information content (AvgIpc) is 3.12. The van der Waals surface area contributed by atoms with Gasteiger partial charge >= 0.3 is 0 Å². The van der Waals surface area contributed by atoms with Crippen LogP contribution in [0.25, 0.3) is 16.4 Å². The maximum Gasteiger partial charge on any atom is 0.237 e. The summed E-state index contributed by atoms with van der Waals surface area (Å²) >= 11 is 1.43. The Morgan fingerprint density at radius 1 is 1.10 bits per heavy atom. The minimum Gasteiger partial charge on any atom is -0.285 e. The van der Waals surface area contributed by atoms with Crippen LogP contribution < -0.4 is 0 Å². The van der Waals surface area contributed by atoms with Crippen LogP contribution in [0.2, 0.25) is 0 Å². The summed E-state index contributed by atoms with van der Waals surface area (Å²) in [7, 11) is 0. The SMILES string of the molecule is Cc1nn(-c2nccs2)c2c1C(=O)C(=O)c1ccccc1-2. The molecule has 0 aliphatic heterocycles. The van der Waals surface area contributed by atoms with Gasteiger partial charge in [-0.2, -0.15) is 5.10 Å². The molecule has 6 heteroatoms. The molecule has 0 unspecified atom stereocenters. The lowest BCUT2D eigenvalue weighted by Crippen LogP contribution is -2.22. The van der Waals surface area contributed by atoms with Crippen molar-refractivity contribution in [2.45, 2.75) is 6.92 Å². The van der Waals surface area contributed by atoms with Gasteiger partial charge in [0.05, 0.1) is 17.0 Å². The van der Waals surface area contributed by atoms with Crippen molar-refractivity contribution in [2.75, 3.05) is 0 Å². The number of aryl methyl sites for hydroxylation is 1. The molecule has 1 aromatic carbocycles. The molecule has 0 spiro atoms. The molecule has 2 heterocycles. The van der Waals surface area contributed by atoms with E-state index < -0.39 is 11.6 Å². The van der Waals surface area contributed by atoms with Crippen LogP contribution in [0.5, 0.6) is 0 Å². The summed E-state index contributed by atoms with van der Waals surface area (Å²) in [5, 5.41) is 6.93. The Balaban J connectivity index is 2.12. The van der Waals surface area contributed by atoms with Crippen LogP contribution in [0.15, 0.2) is 35.8 Å². The number of carbonyl (C=O) groups is 2. The standard InChI is InChI=1S/C15H9N3O2S/c1-8-11-12(18(17-8)15-16-6-7-21-15)9-4-2-3-5-10(9)13(19)14(11)20/h2-7H,1H3. The molecule has 0 saturated heterocycles. The van der Waals surface area contributed by atoms with Crippen LogP contribution in [-0.4, -0.2) is 26.3 Å². The largest absolute Gasteiger partial charge is 0.285 e. The lowest BCUT2D eigenvalue weighted by Gasteiger charge is -2.15. The van der Waals surface area contributed by atoms with Crippen molar-refractivity contribution >= 4 is 22.9 Å². The Morgan fingerprint density at radius 3 is 2.57 bits per heavy atom. The number of hydrogen-bond acceptors (Lipinski definition) is 5. The van der Waals surface area contributed by atoms with Gasteiger partial charge in [-0.1, -0.05) is 24.3 Å². The number of Topliss-reactive ketones (excluding diaryl/α,β-unsaturated/α-hetero) is 2. The first kappa shape index (κ1) is 12.2. The highest BCUT2D eigenvalue weighted by molar-refractivity contribution is 7.12. The van der Waals surface area contributed by atoms with Gasteiger partial charge in [-0.05, 0) is 6.92 Å². The Bertz CT molecular complexity index is 894. The predicted octanol–water partition coefficient (Wildman–Crippen LogP) is 2.68. The van der Waals surface area contributed by atoms with Crippen LogP contribution in [0.1, 0.15) is 26.4 Å². The fourth-order valence-electron chi connectivity index (χ4n) is 2.63. The highest BCUT2D eigenvalue weighted by Gasteiger charge is 2.35. The number of benzene rings is 1. The van der Waals surface area contributed by atoms with E-state index in [1.807, 2.05) is 17.5 Å². The summed E-state index contributed by atoms with van der Waals surface area (Å²) in [5.74, 6) is -0.969. The number of fused-ring (bicyclic) bond motifs is 3. The lowest BCUT2D eigenvalue weighted by molar-refractivity contribution is 0.0815. The smallest absolute Gasteiger partial charge is 0.237 e. The van der Waals surface area contributed by atoms with Crippen LogP contribution >= 0.6 is 11.3 Å². The van der Waals surface area contributed by atoms with Crippen LogP contribution in [0.4, 0.5) is 0 Å². The molecule has 0 N–H and O–H groups in total. The molecule has 21 heavy (non-hydrogen) atoms. The highest BCUT2D eigenvalue weighted by atomic mass is 32.1. The maximum absolute atomic E-state index is 12.4. The first-order valence-corrected chi connectivity index (χ1v) is 7.24. The third kappa shape index (κ3) is 1.56. The number of rotatable bonds is 1. The van der Waals surface area contributed by atoms with Crippen LogP contribution in [-0.2, 0) is 0 Å². The van der Waals surface area contributed by atoms with Crippen molar-refractivity contribution in [3.8, 4) is 16.4 Å². The van der Waals surface area contributed by atoms with E-state index in [-0.39, 0.29) is 0 Å². The molecule has 3 aromatic rings. The number of nitrogens with zero attached hydrogens (tertiary/aromatic N) is 3. The molecule has 0 bridgehead atoms.